The number of rotatable bonds is 3. The Morgan fingerprint density at radius 1 is 1.47 bits per heavy atom. The predicted octanol–water partition coefficient (Wildman–Crippen LogP) is -1.97. The first-order chi connectivity index (χ1) is 7.36. The largest absolute Gasteiger partial charge is 1.00 e. The van der Waals surface area contributed by atoms with E-state index in [4.69, 9.17) is 0 Å². The van der Waals surface area contributed by atoms with Gasteiger partial charge in [-0.05, 0) is 24.6 Å². The molecule has 0 spiro atoms. The van der Waals surface area contributed by atoms with Crippen LogP contribution in [0.5, 0.6) is 0 Å². The van der Waals surface area contributed by atoms with Gasteiger partial charge in [0.2, 0.25) is 5.91 Å². The van der Waals surface area contributed by atoms with E-state index in [1.165, 1.54) is 6.07 Å². The van der Waals surface area contributed by atoms with Gasteiger partial charge in [0.25, 0.3) is 0 Å². The minimum Gasteiger partial charge on any atom is -0.744 e. The van der Waals surface area contributed by atoms with Crippen molar-refractivity contribution in [1.29, 1.82) is 0 Å². The maximum Gasteiger partial charge on any atom is 1.00 e. The van der Waals surface area contributed by atoms with E-state index in [1.54, 1.807) is 13.0 Å². The van der Waals surface area contributed by atoms with Gasteiger partial charge in [-0.2, -0.15) is 0 Å². The Hall–Kier alpha value is -0.660. The second-order valence-electron chi connectivity index (χ2n) is 3.10. The van der Waals surface area contributed by atoms with Crippen molar-refractivity contribution >= 4 is 21.7 Å². The minimum atomic E-state index is -4.61. The fourth-order valence-electron chi connectivity index (χ4n) is 1.18. The molecule has 5 nitrogen and oxygen atoms in total. The van der Waals surface area contributed by atoms with Gasteiger partial charge >= 0.3 is 29.6 Å². The second-order valence-corrected chi connectivity index (χ2v) is 4.44. The van der Waals surface area contributed by atoms with E-state index in [9.17, 15) is 17.8 Å². The number of hydrogen-bond donors (Lipinski definition) is 1. The molecular weight excluding hydrogens is 253 g/mol. The molecule has 0 aliphatic carbocycles. The van der Waals surface area contributed by atoms with E-state index >= 15 is 0 Å². The van der Waals surface area contributed by atoms with Gasteiger partial charge in [0.15, 0.2) is 0 Å². The van der Waals surface area contributed by atoms with Crippen molar-refractivity contribution in [2.45, 2.75) is 11.8 Å². The number of hydrogen-bond acceptors (Lipinski definition) is 4. The van der Waals surface area contributed by atoms with Crippen LogP contribution >= 0.6 is 0 Å². The first kappa shape index (κ1) is 16.3. The molecule has 0 radical (unpaired) electrons. The predicted molar refractivity (Wildman–Crippen MR) is 58.0 cm³/mol. The second kappa shape index (κ2) is 6.32. The van der Waals surface area contributed by atoms with E-state index in [2.05, 4.69) is 11.9 Å². The molecule has 0 saturated heterocycles. The number of carbonyl (C=O) groups is 1. The Bertz CT molecular complexity index is 539. The molecule has 0 heterocycles. The van der Waals surface area contributed by atoms with Gasteiger partial charge in [-0.1, -0.05) is 18.7 Å². The van der Waals surface area contributed by atoms with E-state index in [1.807, 2.05) is 0 Å². The molecule has 0 aliphatic rings. The number of carbonyl (C=O) groups excluding carboxylic acids is 1. The number of benzene rings is 1. The molecule has 7 heteroatoms. The van der Waals surface area contributed by atoms with Gasteiger partial charge in [0.05, 0.1) is 10.6 Å². The standard InChI is InChI=1S/C10H11NO4S.Na/c1-3-9(12)11-10-7(2)5-4-6-8(10)16(13,14)15;/h3-6H,1H2,2H3,(H,11,12)(H,13,14,15);/q;+1/p-1. The Labute approximate surface area is 122 Å². The first-order valence-corrected chi connectivity index (χ1v) is 5.76. The molecule has 0 aromatic heterocycles. The Balaban J connectivity index is 0.00000256. The summed E-state index contributed by atoms with van der Waals surface area (Å²) in [7, 11) is -4.61. The number of aryl methyl sites for hydroxylation is 1. The summed E-state index contributed by atoms with van der Waals surface area (Å²) in [5.41, 5.74) is 0.495. The molecule has 17 heavy (non-hydrogen) atoms. The van der Waals surface area contributed by atoms with Crippen LogP contribution in [-0.4, -0.2) is 18.9 Å². The minimum absolute atomic E-state index is 0. The number of nitrogens with one attached hydrogen (secondary N) is 1. The van der Waals surface area contributed by atoms with Gasteiger partial charge in [0.1, 0.15) is 10.1 Å². The summed E-state index contributed by atoms with van der Waals surface area (Å²) in [6, 6.07) is 4.17. The van der Waals surface area contributed by atoms with Crippen LogP contribution in [0, 0.1) is 6.92 Å². The summed E-state index contributed by atoms with van der Waals surface area (Å²) in [6.45, 7) is 4.83. The van der Waals surface area contributed by atoms with Crippen molar-refractivity contribution in [3.05, 3.63) is 36.4 Å². The van der Waals surface area contributed by atoms with Crippen LogP contribution in [0.15, 0.2) is 35.7 Å². The van der Waals surface area contributed by atoms with Gasteiger partial charge in [-0.25, -0.2) is 8.42 Å². The molecule has 1 aromatic carbocycles. The van der Waals surface area contributed by atoms with Crippen molar-refractivity contribution in [2.75, 3.05) is 5.32 Å². The third-order valence-electron chi connectivity index (χ3n) is 1.94. The van der Waals surface area contributed by atoms with Crippen LogP contribution in [0.4, 0.5) is 5.69 Å². The van der Waals surface area contributed by atoms with E-state index < -0.39 is 20.9 Å². The van der Waals surface area contributed by atoms with Crippen molar-refractivity contribution in [1.82, 2.24) is 0 Å². The molecule has 1 aromatic rings. The quantitative estimate of drug-likeness (QED) is 0.389. The molecule has 0 aliphatic heterocycles. The molecule has 0 unspecified atom stereocenters. The molecule has 0 bridgehead atoms. The molecule has 86 valence electrons. The summed E-state index contributed by atoms with van der Waals surface area (Å²) < 4.78 is 32.8. The molecule has 1 rings (SSSR count). The third-order valence-corrected chi connectivity index (χ3v) is 2.82. The molecule has 1 amide bonds. The molecule has 0 fully saturated rings. The van der Waals surface area contributed by atoms with Crippen LogP contribution in [0.2, 0.25) is 0 Å². The van der Waals surface area contributed by atoms with Gasteiger partial charge in [0, 0.05) is 0 Å². The normalized spacial score (nSPS) is 10.2. The zero-order chi connectivity index (χ0) is 12.3. The van der Waals surface area contributed by atoms with E-state index in [0.717, 1.165) is 12.1 Å². The first-order valence-electron chi connectivity index (χ1n) is 4.35. The van der Waals surface area contributed by atoms with Crippen LogP contribution in [0.1, 0.15) is 5.56 Å². The fourth-order valence-corrected chi connectivity index (χ4v) is 1.89. The Morgan fingerprint density at radius 2 is 2.06 bits per heavy atom. The van der Waals surface area contributed by atoms with Crippen molar-refractivity contribution < 1.29 is 47.3 Å². The maximum atomic E-state index is 11.1. The summed E-state index contributed by atoms with van der Waals surface area (Å²) in [5.74, 6) is -0.570. The SMILES string of the molecule is C=CC(=O)Nc1c(C)cccc1S(=O)(=O)[O-].[Na+]. The van der Waals surface area contributed by atoms with E-state index in [-0.39, 0.29) is 35.2 Å². The number of amides is 1. The Kier molecular flexibility index (Phi) is 6.08. The van der Waals surface area contributed by atoms with Gasteiger partial charge in [-0.3, -0.25) is 4.79 Å². The van der Waals surface area contributed by atoms with Crippen molar-refractivity contribution in [2.24, 2.45) is 0 Å². The molecule has 1 N–H and O–H groups in total. The van der Waals surface area contributed by atoms with Crippen LogP contribution in [-0.2, 0) is 14.9 Å². The van der Waals surface area contributed by atoms with Gasteiger partial charge < -0.3 is 9.87 Å². The average Bonchev–Trinajstić information content (AvgIpc) is 2.19. The zero-order valence-corrected chi connectivity index (χ0v) is 12.4. The summed E-state index contributed by atoms with van der Waals surface area (Å²) in [4.78, 5) is 10.6. The summed E-state index contributed by atoms with van der Waals surface area (Å²) >= 11 is 0. The maximum absolute atomic E-state index is 11.1. The summed E-state index contributed by atoms with van der Waals surface area (Å²) in [5, 5.41) is 2.30. The number of para-hydroxylation sites is 1. The number of anilines is 1. The van der Waals surface area contributed by atoms with Crippen LogP contribution < -0.4 is 34.9 Å². The van der Waals surface area contributed by atoms with Crippen LogP contribution in [0.25, 0.3) is 0 Å². The van der Waals surface area contributed by atoms with Crippen molar-refractivity contribution in [3.63, 3.8) is 0 Å². The topological polar surface area (TPSA) is 86.3 Å². The molecule has 0 atom stereocenters. The smallest absolute Gasteiger partial charge is 0.744 e. The fraction of sp³-hybridized carbons (Fsp3) is 0.100. The summed E-state index contributed by atoms with van der Waals surface area (Å²) in [6.07, 6.45) is 0.994. The van der Waals surface area contributed by atoms with Crippen molar-refractivity contribution in [3.8, 4) is 0 Å². The zero-order valence-electron chi connectivity index (χ0n) is 9.56. The van der Waals surface area contributed by atoms with Gasteiger partial charge in [-0.15, -0.1) is 0 Å². The third kappa shape index (κ3) is 4.25. The monoisotopic (exact) mass is 263 g/mol. The van der Waals surface area contributed by atoms with Crippen LogP contribution in [0.3, 0.4) is 0 Å². The molecule has 0 saturated carbocycles. The molecular formula is C10H10NNaO4S. The average molecular weight is 263 g/mol. The Morgan fingerprint density at radius 3 is 2.53 bits per heavy atom. The van der Waals surface area contributed by atoms with E-state index in [0.29, 0.717) is 5.56 Å².